The van der Waals surface area contributed by atoms with Crippen LogP contribution in [0.3, 0.4) is 0 Å². The van der Waals surface area contributed by atoms with E-state index in [-0.39, 0.29) is 17.7 Å². The van der Waals surface area contributed by atoms with E-state index in [0.29, 0.717) is 5.00 Å². The van der Waals surface area contributed by atoms with Gasteiger partial charge in [-0.1, -0.05) is 11.6 Å². The highest BCUT2D eigenvalue weighted by Gasteiger charge is 2.18. The van der Waals surface area contributed by atoms with Crippen LogP contribution < -0.4 is 5.32 Å². The topological polar surface area (TPSA) is 55.4 Å². The van der Waals surface area contributed by atoms with Crippen LogP contribution in [0.25, 0.3) is 0 Å². The molecule has 6 heteroatoms. The maximum atomic E-state index is 13.7. The van der Waals surface area contributed by atoms with Gasteiger partial charge >= 0.3 is 5.97 Å². The van der Waals surface area contributed by atoms with Gasteiger partial charge in [-0.25, -0.2) is 9.18 Å². The van der Waals surface area contributed by atoms with Crippen LogP contribution in [0, 0.1) is 12.7 Å². The summed E-state index contributed by atoms with van der Waals surface area (Å²) >= 11 is 1.18. The average molecular weight is 307 g/mol. The Morgan fingerprint density at radius 1 is 1.29 bits per heavy atom. The lowest BCUT2D eigenvalue weighted by atomic mass is 10.1. The minimum Gasteiger partial charge on any atom is -0.462 e. The Morgan fingerprint density at radius 2 is 2.05 bits per heavy atom. The first kappa shape index (κ1) is 15.2. The molecule has 0 saturated carbocycles. The molecule has 1 aromatic heterocycles. The Labute approximate surface area is 125 Å². The molecule has 0 aliphatic heterocycles. The summed E-state index contributed by atoms with van der Waals surface area (Å²) in [6, 6.07) is 5.85. The molecular formula is C15H14FNO3S. The van der Waals surface area contributed by atoms with Gasteiger partial charge in [-0.3, -0.25) is 4.79 Å². The van der Waals surface area contributed by atoms with Gasteiger partial charge in [0.05, 0.1) is 17.7 Å². The molecule has 0 aliphatic rings. The number of rotatable bonds is 4. The van der Waals surface area contributed by atoms with Gasteiger partial charge in [-0.2, -0.15) is 0 Å². The van der Waals surface area contributed by atoms with E-state index in [1.807, 2.05) is 0 Å². The fraction of sp³-hybridized carbons (Fsp3) is 0.200. The van der Waals surface area contributed by atoms with Crippen molar-refractivity contribution < 1.29 is 18.7 Å². The second-order valence-corrected chi connectivity index (χ2v) is 5.24. The molecule has 21 heavy (non-hydrogen) atoms. The fourth-order valence-electron chi connectivity index (χ4n) is 1.76. The maximum absolute atomic E-state index is 13.7. The van der Waals surface area contributed by atoms with Gasteiger partial charge in [0.1, 0.15) is 10.8 Å². The summed E-state index contributed by atoms with van der Waals surface area (Å²) in [5, 5.41) is 4.56. The summed E-state index contributed by atoms with van der Waals surface area (Å²) in [5.41, 5.74) is 0.986. The number of halogens is 1. The second kappa shape index (κ2) is 6.49. The number of hydrogen-bond acceptors (Lipinski definition) is 4. The van der Waals surface area contributed by atoms with Crippen LogP contribution >= 0.6 is 11.3 Å². The van der Waals surface area contributed by atoms with Crippen molar-refractivity contribution in [1.82, 2.24) is 0 Å². The zero-order valence-corrected chi connectivity index (χ0v) is 12.4. The molecule has 0 fully saturated rings. The average Bonchev–Trinajstić information content (AvgIpc) is 2.90. The van der Waals surface area contributed by atoms with Gasteiger partial charge in [-0.05, 0) is 37.4 Å². The van der Waals surface area contributed by atoms with E-state index in [1.54, 1.807) is 31.4 Å². The molecule has 0 bridgehead atoms. The van der Waals surface area contributed by atoms with Crippen molar-refractivity contribution >= 4 is 28.2 Å². The minimum atomic E-state index is -0.604. The summed E-state index contributed by atoms with van der Waals surface area (Å²) in [6.07, 6.45) is 0. The van der Waals surface area contributed by atoms with E-state index in [0.717, 1.165) is 5.56 Å². The number of benzene rings is 1. The number of carbonyl (C=O) groups is 2. The lowest BCUT2D eigenvalue weighted by Crippen LogP contribution is -2.15. The van der Waals surface area contributed by atoms with Gasteiger partial charge in [0.15, 0.2) is 0 Å². The second-order valence-electron chi connectivity index (χ2n) is 4.32. The highest BCUT2D eigenvalue weighted by Crippen LogP contribution is 2.25. The van der Waals surface area contributed by atoms with Crippen molar-refractivity contribution in [2.75, 3.05) is 11.9 Å². The number of esters is 1. The number of amides is 1. The molecule has 1 heterocycles. The Morgan fingerprint density at radius 3 is 2.76 bits per heavy atom. The zero-order chi connectivity index (χ0) is 15.4. The quantitative estimate of drug-likeness (QED) is 0.878. The molecule has 1 N–H and O–H groups in total. The van der Waals surface area contributed by atoms with Crippen molar-refractivity contribution in [3.63, 3.8) is 0 Å². The van der Waals surface area contributed by atoms with E-state index >= 15 is 0 Å². The van der Waals surface area contributed by atoms with Crippen molar-refractivity contribution in [3.8, 4) is 0 Å². The maximum Gasteiger partial charge on any atom is 0.341 e. The molecule has 0 atom stereocenters. The molecule has 2 rings (SSSR count). The fourth-order valence-corrected chi connectivity index (χ4v) is 2.53. The van der Waals surface area contributed by atoms with Crippen LogP contribution in [-0.4, -0.2) is 18.5 Å². The standard InChI is InChI=1S/C15H14FNO3S/c1-3-20-15(19)10-6-7-21-14(10)17-13(18)11-8-9(2)4-5-12(11)16/h4-8H,3H2,1-2H3,(H,17,18). The van der Waals surface area contributed by atoms with E-state index in [9.17, 15) is 14.0 Å². The van der Waals surface area contributed by atoms with Crippen LogP contribution in [0.15, 0.2) is 29.6 Å². The zero-order valence-electron chi connectivity index (χ0n) is 11.6. The van der Waals surface area contributed by atoms with E-state index in [1.165, 1.54) is 23.5 Å². The number of aryl methyl sites for hydroxylation is 1. The Bertz CT molecular complexity index is 681. The molecule has 2 aromatic rings. The molecule has 0 aliphatic carbocycles. The smallest absolute Gasteiger partial charge is 0.341 e. The highest BCUT2D eigenvalue weighted by atomic mass is 32.1. The number of thiophene rings is 1. The number of ether oxygens (including phenoxy) is 1. The Balaban J connectivity index is 2.22. The SMILES string of the molecule is CCOC(=O)c1ccsc1NC(=O)c1cc(C)ccc1F. The first-order chi connectivity index (χ1) is 10.0. The van der Waals surface area contributed by atoms with Gasteiger partial charge < -0.3 is 10.1 Å². The number of hydrogen-bond donors (Lipinski definition) is 1. The molecular weight excluding hydrogens is 293 g/mol. The lowest BCUT2D eigenvalue weighted by molar-refractivity contribution is 0.0528. The largest absolute Gasteiger partial charge is 0.462 e. The van der Waals surface area contributed by atoms with Crippen LogP contribution in [-0.2, 0) is 4.74 Å². The predicted molar refractivity (Wildman–Crippen MR) is 79.4 cm³/mol. The summed E-state index contributed by atoms with van der Waals surface area (Å²) in [6.45, 7) is 3.71. The summed E-state index contributed by atoms with van der Waals surface area (Å²) in [5.74, 6) is -1.71. The van der Waals surface area contributed by atoms with Crippen molar-refractivity contribution in [2.24, 2.45) is 0 Å². The monoisotopic (exact) mass is 307 g/mol. The molecule has 0 unspecified atom stereocenters. The Hall–Kier alpha value is -2.21. The molecule has 0 spiro atoms. The summed E-state index contributed by atoms with van der Waals surface area (Å²) in [7, 11) is 0. The minimum absolute atomic E-state index is 0.0572. The third-order valence-corrected chi connectivity index (χ3v) is 3.58. The van der Waals surface area contributed by atoms with E-state index in [2.05, 4.69) is 5.32 Å². The van der Waals surface area contributed by atoms with Gasteiger partial charge in [0.25, 0.3) is 5.91 Å². The molecule has 0 saturated heterocycles. The first-order valence-corrected chi connectivity index (χ1v) is 7.23. The van der Waals surface area contributed by atoms with E-state index < -0.39 is 17.7 Å². The van der Waals surface area contributed by atoms with Crippen molar-refractivity contribution in [2.45, 2.75) is 13.8 Å². The first-order valence-electron chi connectivity index (χ1n) is 6.35. The van der Waals surface area contributed by atoms with Gasteiger partial charge in [-0.15, -0.1) is 11.3 Å². The summed E-state index contributed by atoms with van der Waals surface area (Å²) < 4.78 is 18.6. The normalized spacial score (nSPS) is 10.2. The van der Waals surface area contributed by atoms with Gasteiger partial charge in [0.2, 0.25) is 0 Å². The Kier molecular flexibility index (Phi) is 4.70. The van der Waals surface area contributed by atoms with E-state index in [4.69, 9.17) is 4.74 Å². The molecule has 0 radical (unpaired) electrons. The molecule has 4 nitrogen and oxygen atoms in total. The van der Waals surface area contributed by atoms with Gasteiger partial charge in [0, 0.05) is 0 Å². The number of carbonyl (C=O) groups excluding carboxylic acids is 2. The number of anilines is 1. The van der Waals surface area contributed by atoms with Crippen LogP contribution in [0.4, 0.5) is 9.39 Å². The summed E-state index contributed by atoms with van der Waals surface area (Å²) in [4.78, 5) is 23.8. The molecule has 1 aromatic carbocycles. The number of nitrogens with one attached hydrogen (secondary N) is 1. The molecule has 110 valence electrons. The lowest BCUT2D eigenvalue weighted by Gasteiger charge is -2.07. The van der Waals surface area contributed by atoms with Crippen LogP contribution in [0.2, 0.25) is 0 Å². The van der Waals surface area contributed by atoms with Crippen LogP contribution in [0.1, 0.15) is 33.2 Å². The predicted octanol–water partition coefficient (Wildman–Crippen LogP) is 3.62. The van der Waals surface area contributed by atoms with Crippen LogP contribution in [0.5, 0.6) is 0 Å². The third kappa shape index (κ3) is 3.46. The third-order valence-electron chi connectivity index (χ3n) is 2.75. The van der Waals surface area contributed by atoms with Crippen molar-refractivity contribution in [1.29, 1.82) is 0 Å². The molecule has 1 amide bonds. The van der Waals surface area contributed by atoms with Crippen molar-refractivity contribution in [3.05, 3.63) is 52.2 Å². The highest BCUT2D eigenvalue weighted by molar-refractivity contribution is 7.14.